The number of rotatable bonds is 3. The second-order valence-corrected chi connectivity index (χ2v) is 4.77. The third kappa shape index (κ3) is 2.44. The Bertz CT molecular complexity index is 452. The molecule has 0 N–H and O–H groups in total. The molecule has 1 saturated heterocycles. The van der Waals surface area contributed by atoms with Crippen LogP contribution in [0.1, 0.15) is 20.3 Å². The first-order valence-corrected chi connectivity index (χ1v) is 6.10. The molecule has 1 aromatic rings. The SMILES string of the molecule is CCOC(=O)C1(C)CCN(c2cccc(F)n2)C1. The first-order valence-electron chi connectivity index (χ1n) is 6.10. The fourth-order valence-corrected chi connectivity index (χ4v) is 2.20. The predicted octanol–water partition coefficient (Wildman–Crippen LogP) is 2.00. The van der Waals surface area contributed by atoms with Gasteiger partial charge < -0.3 is 9.64 Å². The van der Waals surface area contributed by atoms with Crippen molar-refractivity contribution in [3.05, 3.63) is 24.1 Å². The summed E-state index contributed by atoms with van der Waals surface area (Å²) in [5, 5.41) is 0. The number of carbonyl (C=O) groups excluding carboxylic acids is 1. The van der Waals surface area contributed by atoms with Crippen LogP contribution in [-0.4, -0.2) is 30.6 Å². The van der Waals surface area contributed by atoms with E-state index in [2.05, 4.69) is 4.98 Å². The van der Waals surface area contributed by atoms with Gasteiger partial charge in [-0.1, -0.05) is 6.07 Å². The molecule has 1 aliphatic rings. The van der Waals surface area contributed by atoms with Gasteiger partial charge in [-0.15, -0.1) is 0 Å². The summed E-state index contributed by atoms with van der Waals surface area (Å²) in [5.74, 6) is -0.121. The average molecular weight is 252 g/mol. The van der Waals surface area contributed by atoms with Crippen molar-refractivity contribution in [1.29, 1.82) is 0 Å². The predicted molar refractivity (Wildman–Crippen MR) is 65.8 cm³/mol. The number of halogens is 1. The Hall–Kier alpha value is -1.65. The number of ether oxygens (including phenoxy) is 1. The molecular weight excluding hydrogens is 235 g/mol. The summed E-state index contributed by atoms with van der Waals surface area (Å²) in [7, 11) is 0. The zero-order valence-corrected chi connectivity index (χ0v) is 10.6. The highest BCUT2D eigenvalue weighted by Crippen LogP contribution is 2.33. The van der Waals surface area contributed by atoms with Gasteiger partial charge in [-0.2, -0.15) is 4.39 Å². The normalized spacial score (nSPS) is 23.2. The molecule has 0 aromatic carbocycles. The second kappa shape index (κ2) is 4.92. The lowest BCUT2D eigenvalue weighted by molar-refractivity contribution is -0.153. The van der Waals surface area contributed by atoms with Crippen molar-refractivity contribution >= 4 is 11.8 Å². The molecule has 1 unspecified atom stereocenters. The molecule has 5 heteroatoms. The first kappa shape index (κ1) is 12.8. The van der Waals surface area contributed by atoms with Gasteiger partial charge in [0.1, 0.15) is 5.82 Å². The summed E-state index contributed by atoms with van der Waals surface area (Å²) in [6.07, 6.45) is 0.698. The number of aromatic nitrogens is 1. The van der Waals surface area contributed by atoms with E-state index in [0.717, 1.165) is 0 Å². The van der Waals surface area contributed by atoms with Crippen LogP contribution in [-0.2, 0) is 9.53 Å². The molecule has 2 heterocycles. The van der Waals surface area contributed by atoms with E-state index in [1.807, 2.05) is 11.8 Å². The molecule has 18 heavy (non-hydrogen) atoms. The maximum absolute atomic E-state index is 13.1. The van der Waals surface area contributed by atoms with E-state index in [9.17, 15) is 9.18 Å². The molecule has 0 saturated carbocycles. The average Bonchev–Trinajstić information content (AvgIpc) is 2.74. The highest BCUT2D eigenvalue weighted by molar-refractivity contribution is 5.78. The Morgan fingerprint density at radius 3 is 3.06 bits per heavy atom. The maximum atomic E-state index is 13.1. The van der Waals surface area contributed by atoms with Gasteiger partial charge in [-0.25, -0.2) is 4.98 Å². The Labute approximate surface area is 106 Å². The molecule has 4 nitrogen and oxygen atoms in total. The summed E-state index contributed by atoms with van der Waals surface area (Å²) in [6, 6.07) is 4.68. The molecule has 2 rings (SSSR count). The van der Waals surface area contributed by atoms with Gasteiger partial charge in [0.05, 0.1) is 12.0 Å². The summed E-state index contributed by atoms with van der Waals surface area (Å²) in [5.41, 5.74) is -0.524. The third-order valence-electron chi connectivity index (χ3n) is 3.27. The van der Waals surface area contributed by atoms with Crippen molar-refractivity contribution in [2.24, 2.45) is 5.41 Å². The quantitative estimate of drug-likeness (QED) is 0.609. The van der Waals surface area contributed by atoms with Crippen LogP contribution in [0.3, 0.4) is 0 Å². The topological polar surface area (TPSA) is 42.4 Å². The molecular formula is C13H17FN2O2. The molecule has 0 radical (unpaired) electrons. The van der Waals surface area contributed by atoms with Gasteiger partial charge in [-0.05, 0) is 32.4 Å². The van der Waals surface area contributed by atoms with Gasteiger partial charge in [-0.3, -0.25) is 4.79 Å². The Morgan fingerprint density at radius 2 is 2.39 bits per heavy atom. The smallest absolute Gasteiger partial charge is 0.313 e. The van der Waals surface area contributed by atoms with E-state index in [1.165, 1.54) is 6.07 Å². The third-order valence-corrected chi connectivity index (χ3v) is 3.27. The van der Waals surface area contributed by atoms with Crippen LogP contribution in [0.2, 0.25) is 0 Å². The maximum Gasteiger partial charge on any atom is 0.313 e. The Balaban J connectivity index is 2.10. The van der Waals surface area contributed by atoms with Gasteiger partial charge >= 0.3 is 5.97 Å². The molecule has 0 amide bonds. The molecule has 0 spiro atoms. The van der Waals surface area contributed by atoms with E-state index in [1.54, 1.807) is 19.1 Å². The minimum Gasteiger partial charge on any atom is -0.466 e. The van der Waals surface area contributed by atoms with E-state index in [0.29, 0.717) is 31.9 Å². The van der Waals surface area contributed by atoms with Crippen LogP contribution in [0.5, 0.6) is 0 Å². The van der Waals surface area contributed by atoms with Crippen LogP contribution in [0, 0.1) is 11.4 Å². The van der Waals surface area contributed by atoms with Gasteiger partial charge in [0.2, 0.25) is 5.95 Å². The first-order chi connectivity index (χ1) is 8.55. The molecule has 1 aromatic heterocycles. The van der Waals surface area contributed by atoms with Gasteiger partial charge in [0.15, 0.2) is 0 Å². The van der Waals surface area contributed by atoms with Crippen molar-refractivity contribution in [3.8, 4) is 0 Å². The lowest BCUT2D eigenvalue weighted by Gasteiger charge is -2.22. The van der Waals surface area contributed by atoms with Crippen molar-refractivity contribution in [1.82, 2.24) is 4.98 Å². The summed E-state index contributed by atoms with van der Waals surface area (Å²) >= 11 is 0. The largest absolute Gasteiger partial charge is 0.466 e. The van der Waals surface area contributed by atoms with Crippen LogP contribution < -0.4 is 4.90 Å². The van der Waals surface area contributed by atoms with Crippen molar-refractivity contribution in [3.63, 3.8) is 0 Å². The molecule has 1 aliphatic heterocycles. The fraction of sp³-hybridized carbons (Fsp3) is 0.538. The molecule has 1 atom stereocenters. The number of hydrogen-bond donors (Lipinski definition) is 0. The monoisotopic (exact) mass is 252 g/mol. The van der Waals surface area contributed by atoms with Crippen LogP contribution in [0.15, 0.2) is 18.2 Å². The van der Waals surface area contributed by atoms with Gasteiger partial charge in [0, 0.05) is 13.1 Å². The number of hydrogen-bond acceptors (Lipinski definition) is 4. The van der Waals surface area contributed by atoms with E-state index < -0.39 is 11.4 Å². The summed E-state index contributed by atoms with van der Waals surface area (Å²) in [4.78, 5) is 17.6. The number of carbonyl (C=O) groups is 1. The van der Waals surface area contributed by atoms with E-state index >= 15 is 0 Å². The van der Waals surface area contributed by atoms with Crippen molar-refractivity contribution in [2.45, 2.75) is 20.3 Å². The highest BCUT2D eigenvalue weighted by atomic mass is 19.1. The minimum atomic E-state index is -0.524. The van der Waals surface area contributed by atoms with E-state index in [-0.39, 0.29) is 5.97 Å². The van der Waals surface area contributed by atoms with Crippen LogP contribution in [0.25, 0.3) is 0 Å². The lowest BCUT2D eigenvalue weighted by Crippen LogP contribution is -2.33. The Morgan fingerprint density at radius 1 is 1.61 bits per heavy atom. The zero-order valence-electron chi connectivity index (χ0n) is 10.6. The van der Waals surface area contributed by atoms with Crippen molar-refractivity contribution < 1.29 is 13.9 Å². The van der Waals surface area contributed by atoms with Crippen LogP contribution in [0.4, 0.5) is 10.2 Å². The van der Waals surface area contributed by atoms with Crippen molar-refractivity contribution in [2.75, 3.05) is 24.6 Å². The Kier molecular flexibility index (Phi) is 3.50. The number of pyridine rings is 1. The minimum absolute atomic E-state index is 0.191. The number of nitrogens with zero attached hydrogens (tertiary/aromatic N) is 2. The molecule has 0 bridgehead atoms. The van der Waals surface area contributed by atoms with E-state index in [4.69, 9.17) is 4.74 Å². The second-order valence-electron chi connectivity index (χ2n) is 4.77. The molecule has 1 fully saturated rings. The fourth-order valence-electron chi connectivity index (χ4n) is 2.20. The summed E-state index contributed by atoms with van der Waals surface area (Å²) in [6.45, 7) is 5.26. The molecule has 0 aliphatic carbocycles. The summed E-state index contributed by atoms with van der Waals surface area (Å²) < 4.78 is 18.1. The molecule has 98 valence electrons. The zero-order chi connectivity index (χ0) is 13.2. The standard InChI is InChI=1S/C13H17FN2O2/c1-3-18-12(17)13(2)7-8-16(9-13)11-6-4-5-10(14)15-11/h4-6H,3,7-9H2,1-2H3. The van der Waals surface area contributed by atoms with Gasteiger partial charge in [0.25, 0.3) is 0 Å². The number of anilines is 1. The lowest BCUT2D eigenvalue weighted by atomic mass is 9.90. The van der Waals surface area contributed by atoms with Crippen LogP contribution >= 0.6 is 0 Å². The highest BCUT2D eigenvalue weighted by Gasteiger charge is 2.42. The number of esters is 1.